The zero-order valence-corrected chi connectivity index (χ0v) is 34.5. The summed E-state index contributed by atoms with van der Waals surface area (Å²) in [5.74, 6) is 1.48. The molecule has 0 N–H and O–H groups in total. The number of benzene rings is 7. The van der Waals surface area contributed by atoms with Gasteiger partial charge >= 0.3 is 6.85 Å². The summed E-state index contributed by atoms with van der Waals surface area (Å²) in [7, 11) is 0. The van der Waals surface area contributed by atoms with Crippen LogP contribution in [0.3, 0.4) is 0 Å². The summed E-state index contributed by atoms with van der Waals surface area (Å²) < 4.78 is 18.9. The number of furan rings is 1. The predicted octanol–water partition coefficient (Wildman–Crippen LogP) is 12.3. The van der Waals surface area contributed by atoms with Crippen LogP contribution in [0.25, 0.3) is 72.1 Å². The van der Waals surface area contributed by atoms with E-state index in [2.05, 4.69) is 149 Å². The molecule has 0 atom stereocenters. The number of ether oxygens (including phenoxy) is 1. The average molecular weight is 803 g/mol. The third-order valence-corrected chi connectivity index (χ3v) is 15.5. The lowest BCUT2D eigenvalue weighted by molar-refractivity contribution is 0.311. The molecule has 14 rings (SSSR count). The SMILES string of the molecule is O=c1c2c(n3n1B1c4cc(-c5ccccc5)c5c(oc6ccccc65)c4Oc4cc(-c5c(-c6ccccc6)cccc5-c5ccccc5)cc-3c41)C1(CCCC1)CC21CCCC1. The summed E-state index contributed by atoms with van der Waals surface area (Å²) in [6, 6.07) is 54.1. The topological polar surface area (TPSA) is 49.3 Å². The number of para-hydroxylation sites is 1. The maximum Gasteiger partial charge on any atom is 0.361 e. The van der Waals surface area contributed by atoms with Crippen LogP contribution in [0.15, 0.2) is 161 Å². The quantitative estimate of drug-likeness (QED) is 0.167. The van der Waals surface area contributed by atoms with Gasteiger partial charge in [-0.3, -0.25) is 14.1 Å². The van der Waals surface area contributed by atoms with Gasteiger partial charge in [-0.15, -0.1) is 0 Å². The predicted molar refractivity (Wildman–Crippen MR) is 251 cm³/mol. The van der Waals surface area contributed by atoms with Crippen molar-refractivity contribution >= 4 is 39.7 Å². The Bertz CT molecular complexity index is 3330. The normalized spacial score (nSPS) is 17.2. The van der Waals surface area contributed by atoms with Crippen LogP contribution in [-0.2, 0) is 10.8 Å². The molecule has 0 amide bonds. The Balaban J connectivity index is 1.12. The van der Waals surface area contributed by atoms with Crippen LogP contribution in [0.5, 0.6) is 11.5 Å². The van der Waals surface area contributed by atoms with E-state index in [0.29, 0.717) is 5.75 Å². The van der Waals surface area contributed by atoms with Crippen LogP contribution in [0, 0.1) is 0 Å². The van der Waals surface area contributed by atoms with Crippen LogP contribution in [-0.4, -0.2) is 16.1 Å². The van der Waals surface area contributed by atoms with E-state index in [9.17, 15) is 0 Å². The van der Waals surface area contributed by atoms with E-state index in [4.69, 9.17) is 9.15 Å². The van der Waals surface area contributed by atoms with Gasteiger partial charge in [0.25, 0.3) is 5.56 Å². The van der Waals surface area contributed by atoms with Gasteiger partial charge in [0.15, 0.2) is 11.3 Å². The summed E-state index contributed by atoms with van der Waals surface area (Å²) >= 11 is 0. The molecule has 5 nitrogen and oxygen atoms in total. The smallest absolute Gasteiger partial charge is 0.361 e. The molecule has 298 valence electrons. The van der Waals surface area contributed by atoms with E-state index < -0.39 is 0 Å². The van der Waals surface area contributed by atoms with E-state index in [1.165, 1.54) is 31.4 Å². The molecule has 2 spiro atoms. The van der Waals surface area contributed by atoms with Crippen molar-refractivity contribution in [1.82, 2.24) is 9.27 Å². The summed E-state index contributed by atoms with van der Waals surface area (Å²) in [5, 5.41) is 2.08. The molecule has 6 heteroatoms. The second-order valence-electron chi connectivity index (χ2n) is 18.7. The summed E-state index contributed by atoms with van der Waals surface area (Å²) in [6.07, 6.45) is 10.4. The third-order valence-electron chi connectivity index (χ3n) is 15.5. The standard InChI is InChI=1S/C56H43BN2O3/c60-54-49-53(56(29-14-15-30-56)34-55(49)27-12-13-28-55)58-44-31-38(47-39(35-17-4-1-5-18-35)24-16-25-40(47)36-19-6-2-7-20-36)32-46-50(44)57(59(54)58)43-33-42(37-21-8-3-9-22-37)48-41-23-10-11-26-45(41)61-52(48)51(43)62-46/h1-11,16-26,31-33H,12-15,27-30,34H2. The lowest BCUT2D eigenvalue weighted by Crippen LogP contribution is -2.53. The van der Waals surface area contributed by atoms with Gasteiger partial charge in [0.1, 0.15) is 11.3 Å². The van der Waals surface area contributed by atoms with Crippen molar-refractivity contribution in [3.8, 4) is 61.7 Å². The lowest BCUT2D eigenvalue weighted by atomic mass is 9.49. The van der Waals surface area contributed by atoms with Crippen molar-refractivity contribution in [3.05, 3.63) is 173 Å². The zero-order valence-electron chi connectivity index (χ0n) is 34.5. The van der Waals surface area contributed by atoms with E-state index >= 15 is 4.79 Å². The Kier molecular flexibility index (Phi) is 7.11. The molecule has 0 saturated heterocycles. The van der Waals surface area contributed by atoms with Crippen LogP contribution in [0.1, 0.15) is 69.0 Å². The second kappa shape index (κ2) is 12.6. The van der Waals surface area contributed by atoms with Gasteiger partial charge < -0.3 is 9.15 Å². The summed E-state index contributed by atoms with van der Waals surface area (Å²) in [6.45, 7) is -0.383. The van der Waals surface area contributed by atoms with Gasteiger partial charge in [-0.25, -0.2) is 0 Å². The van der Waals surface area contributed by atoms with Crippen molar-refractivity contribution in [2.24, 2.45) is 0 Å². The number of hydrogen-bond donors (Lipinski definition) is 0. The molecule has 2 saturated carbocycles. The zero-order chi connectivity index (χ0) is 40.7. The monoisotopic (exact) mass is 802 g/mol. The molecule has 4 heterocycles. The molecular formula is C56H43BN2O3. The highest BCUT2D eigenvalue weighted by atomic mass is 16.5. The second-order valence-corrected chi connectivity index (χ2v) is 18.7. The van der Waals surface area contributed by atoms with Crippen LogP contribution >= 0.6 is 0 Å². The molecule has 2 aromatic heterocycles. The van der Waals surface area contributed by atoms with Gasteiger partial charge in [-0.05, 0) is 100 Å². The number of hydrogen-bond acceptors (Lipinski definition) is 3. The van der Waals surface area contributed by atoms with Crippen molar-refractivity contribution < 1.29 is 9.15 Å². The molecule has 3 aliphatic carbocycles. The molecule has 7 aromatic carbocycles. The van der Waals surface area contributed by atoms with E-state index in [1.807, 2.05) is 12.1 Å². The highest BCUT2D eigenvalue weighted by Gasteiger charge is 2.60. The van der Waals surface area contributed by atoms with Crippen molar-refractivity contribution in [2.45, 2.75) is 68.6 Å². The van der Waals surface area contributed by atoms with Gasteiger partial charge in [0, 0.05) is 32.6 Å². The maximum absolute atomic E-state index is 15.9. The largest absolute Gasteiger partial charge is 0.454 e. The maximum atomic E-state index is 15.9. The van der Waals surface area contributed by atoms with E-state index in [1.54, 1.807) is 0 Å². The van der Waals surface area contributed by atoms with Crippen LogP contribution in [0.4, 0.5) is 0 Å². The van der Waals surface area contributed by atoms with Gasteiger partial charge in [-0.1, -0.05) is 159 Å². The Morgan fingerprint density at radius 3 is 1.84 bits per heavy atom. The first-order valence-electron chi connectivity index (χ1n) is 22.6. The minimum Gasteiger partial charge on any atom is -0.454 e. The molecule has 2 fully saturated rings. The van der Waals surface area contributed by atoms with E-state index in [0.717, 1.165) is 126 Å². The average Bonchev–Trinajstić information content (AvgIpc) is 4.19. The fraction of sp³-hybridized carbons (Fsp3) is 0.196. The number of aromatic nitrogens is 2. The van der Waals surface area contributed by atoms with Crippen LogP contribution in [0.2, 0.25) is 0 Å². The Morgan fingerprint density at radius 1 is 0.581 bits per heavy atom. The van der Waals surface area contributed by atoms with Crippen molar-refractivity contribution in [2.75, 3.05) is 0 Å². The molecule has 0 radical (unpaired) electrons. The molecular weight excluding hydrogens is 759 g/mol. The van der Waals surface area contributed by atoms with Crippen molar-refractivity contribution in [3.63, 3.8) is 0 Å². The fourth-order valence-corrected chi connectivity index (χ4v) is 13.2. The van der Waals surface area contributed by atoms with Gasteiger partial charge in [0.2, 0.25) is 0 Å². The Morgan fingerprint density at radius 2 is 1.18 bits per heavy atom. The molecule has 62 heavy (non-hydrogen) atoms. The Labute approximate surface area is 360 Å². The molecule has 0 bridgehead atoms. The van der Waals surface area contributed by atoms with Gasteiger partial charge in [0.05, 0.1) is 11.4 Å². The molecule has 5 aliphatic rings. The van der Waals surface area contributed by atoms with E-state index in [-0.39, 0.29) is 23.2 Å². The summed E-state index contributed by atoms with van der Waals surface area (Å²) in [5.41, 5.74) is 16.2. The molecule has 9 aromatic rings. The first-order valence-corrected chi connectivity index (χ1v) is 22.6. The molecule has 0 unspecified atom stereocenters. The number of rotatable bonds is 4. The highest BCUT2D eigenvalue weighted by molar-refractivity contribution is 6.87. The minimum atomic E-state index is -0.383. The molecule has 2 aliphatic heterocycles. The van der Waals surface area contributed by atoms with Gasteiger partial charge in [-0.2, -0.15) is 0 Å². The third kappa shape index (κ3) is 4.57. The minimum absolute atomic E-state index is 0.0147. The fourth-order valence-electron chi connectivity index (χ4n) is 13.2. The van der Waals surface area contributed by atoms with Crippen LogP contribution < -0.4 is 21.2 Å². The lowest BCUT2D eigenvalue weighted by Gasteiger charge is -2.30. The highest BCUT2D eigenvalue weighted by Crippen LogP contribution is 2.62. The first kappa shape index (κ1) is 34.9. The number of nitrogens with zero attached hydrogens (tertiary/aromatic N) is 2. The number of fused-ring (bicyclic) bond motifs is 13. The van der Waals surface area contributed by atoms with Crippen molar-refractivity contribution in [1.29, 1.82) is 0 Å². The first-order chi connectivity index (χ1) is 30.6. The Hall–Kier alpha value is -6.79. The summed E-state index contributed by atoms with van der Waals surface area (Å²) in [4.78, 5) is 15.9.